The zero-order valence-electron chi connectivity index (χ0n) is 13.2. The number of benzene rings is 1. The van der Waals surface area contributed by atoms with Crippen LogP contribution in [0.15, 0.2) is 18.2 Å². The van der Waals surface area contributed by atoms with E-state index in [4.69, 9.17) is 10.5 Å². The minimum Gasteiger partial charge on any atom is -0.370 e. The summed E-state index contributed by atoms with van der Waals surface area (Å²) in [5.74, 6) is -0.797. The van der Waals surface area contributed by atoms with Crippen LogP contribution < -0.4 is 21.3 Å². The minimum absolute atomic E-state index is 0.00633. The number of nitrogens with zero attached hydrogens (tertiary/aromatic N) is 1. The van der Waals surface area contributed by atoms with Crippen LogP contribution in [0.25, 0.3) is 0 Å². The summed E-state index contributed by atoms with van der Waals surface area (Å²) < 4.78 is 31.8. The predicted molar refractivity (Wildman–Crippen MR) is 85.1 cm³/mol. The average molecular weight is 342 g/mol. The van der Waals surface area contributed by atoms with Gasteiger partial charge in [-0.15, -0.1) is 0 Å². The lowest BCUT2D eigenvalue weighted by atomic mass is 10.1. The molecular weight excluding hydrogens is 322 g/mol. The van der Waals surface area contributed by atoms with E-state index in [1.165, 1.54) is 23.1 Å². The number of hydrogen-bond donors (Lipinski definition) is 3. The van der Waals surface area contributed by atoms with Crippen molar-refractivity contribution in [1.29, 1.82) is 0 Å². The van der Waals surface area contributed by atoms with Gasteiger partial charge in [0.2, 0.25) is 5.91 Å². The molecule has 0 bridgehead atoms. The number of nitrogens with two attached hydrogens (primary N) is 1. The topological polar surface area (TPSA) is 96.7 Å². The Kier molecular flexibility index (Phi) is 6.18. The second-order valence-corrected chi connectivity index (χ2v) is 5.24. The molecule has 2 rings (SSSR count). The van der Waals surface area contributed by atoms with Gasteiger partial charge in [0.05, 0.1) is 12.6 Å². The summed E-state index contributed by atoms with van der Waals surface area (Å²) in [5, 5.41) is 5.14. The zero-order valence-corrected chi connectivity index (χ0v) is 13.2. The van der Waals surface area contributed by atoms with Crippen molar-refractivity contribution in [3.63, 3.8) is 0 Å². The van der Waals surface area contributed by atoms with Gasteiger partial charge < -0.3 is 26.0 Å². The minimum atomic E-state index is -2.80. The van der Waals surface area contributed by atoms with Crippen LogP contribution in [0.5, 0.6) is 0 Å². The second kappa shape index (κ2) is 8.13. The zero-order chi connectivity index (χ0) is 17.7. The van der Waals surface area contributed by atoms with Gasteiger partial charge in [-0.3, -0.25) is 9.59 Å². The van der Waals surface area contributed by atoms with Crippen LogP contribution in [-0.2, 0) is 14.3 Å². The van der Waals surface area contributed by atoms with Crippen LogP contribution in [0.3, 0.4) is 0 Å². The summed E-state index contributed by atoms with van der Waals surface area (Å²) in [4.78, 5) is 25.2. The molecule has 1 aliphatic rings. The van der Waals surface area contributed by atoms with Crippen LogP contribution >= 0.6 is 0 Å². The van der Waals surface area contributed by atoms with Gasteiger partial charge >= 0.3 is 0 Å². The molecule has 9 heteroatoms. The average Bonchev–Trinajstić information content (AvgIpc) is 2.56. The monoisotopic (exact) mass is 342 g/mol. The Morgan fingerprint density at radius 3 is 2.79 bits per heavy atom. The van der Waals surface area contributed by atoms with Gasteiger partial charge in [0, 0.05) is 30.0 Å². The molecule has 24 heavy (non-hydrogen) atoms. The SMILES string of the molecule is CN[C@H](CN)C(=O)Nc1ccc(N2CCOCC2=O)cc1C(F)F. The fourth-order valence-electron chi connectivity index (χ4n) is 2.38. The van der Waals surface area contributed by atoms with E-state index >= 15 is 0 Å². The molecule has 1 fully saturated rings. The molecule has 1 saturated heterocycles. The fraction of sp³-hybridized carbons (Fsp3) is 0.467. The Hall–Kier alpha value is -2.10. The van der Waals surface area contributed by atoms with Crippen LogP contribution in [-0.4, -0.2) is 51.2 Å². The van der Waals surface area contributed by atoms with E-state index in [1.807, 2.05) is 0 Å². The predicted octanol–water partition coefficient (Wildman–Crippen LogP) is 0.473. The van der Waals surface area contributed by atoms with Gasteiger partial charge in [0.15, 0.2) is 0 Å². The van der Waals surface area contributed by atoms with Crippen molar-refractivity contribution in [3.05, 3.63) is 23.8 Å². The molecule has 0 unspecified atom stereocenters. The lowest BCUT2D eigenvalue weighted by molar-refractivity contribution is -0.125. The Morgan fingerprint density at radius 2 is 2.21 bits per heavy atom. The van der Waals surface area contributed by atoms with E-state index in [0.29, 0.717) is 18.8 Å². The lowest BCUT2D eigenvalue weighted by Crippen LogP contribution is -2.44. The number of amides is 2. The summed E-state index contributed by atoms with van der Waals surface area (Å²) in [6.07, 6.45) is -2.80. The van der Waals surface area contributed by atoms with Crippen LogP contribution in [0.4, 0.5) is 20.2 Å². The molecule has 1 atom stereocenters. The molecule has 1 aliphatic heterocycles. The number of rotatable bonds is 6. The highest BCUT2D eigenvalue weighted by atomic mass is 19.3. The Labute approximate surface area is 138 Å². The summed E-state index contributed by atoms with van der Waals surface area (Å²) >= 11 is 0. The molecule has 2 amide bonds. The van der Waals surface area contributed by atoms with Crippen molar-refractivity contribution in [3.8, 4) is 0 Å². The fourth-order valence-corrected chi connectivity index (χ4v) is 2.38. The van der Waals surface area contributed by atoms with Gasteiger partial charge in [-0.2, -0.15) is 0 Å². The van der Waals surface area contributed by atoms with Crippen molar-refractivity contribution in [1.82, 2.24) is 5.32 Å². The molecule has 0 saturated carbocycles. The highest BCUT2D eigenvalue weighted by Gasteiger charge is 2.24. The number of hydrogen-bond acceptors (Lipinski definition) is 5. The van der Waals surface area contributed by atoms with E-state index in [0.717, 1.165) is 0 Å². The number of ether oxygens (including phenoxy) is 1. The molecule has 4 N–H and O–H groups in total. The largest absolute Gasteiger partial charge is 0.370 e. The first-order chi connectivity index (χ1) is 11.5. The third-order valence-corrected chi connectivity index (χ3v) is 3.73. The summed E-state index contributed by atoms with van der Waals surface area (Å²) in [7, 11) is 1.55. The van der Waals surface area contributed by atoms with Gasteiger partial charge in [0.25, 0.3) is 12.3 Å². The maximum absolute atomic E-state index is 13.4. The summed E-state index contributed by atoms with van der Waals surface area (Å²) in [6.45, 7) is 0.590. The lowest BCUT2D eigenvalue weighted by Gasteiger charge is -2.27. The van der Waals surface area contributed by atoms with E-state index in [-0.39, 0.29) is 30.3 Å². The molecule has 7 nitrogen and oxygen atoms in total. The molecule has 0 aromatic heterocycles. The number of carbonyl (C=O) groups excluding carboxylic acids is 2. The molecule has 132 valence electrons. The highest BCUT2D eigenvalue weighted by Crippen LogP contribution is 2.31. The van der Waals surface area contributed by atoms with E-state index in [1.54, 1.807) is 7.05 Å². The third-order valence-electron chi connectivity index (χ3n) is 3.73. The first-order valence-corrected chi connectivity index (χ1v) is 7.46. The van der Waals surface area contributed by atoms with E-state index in [9.17, 15) is 18.4 Å². The van der Waals surface area contributed by atoms with E-state index < -0.39 is 18.4 Å². The van der Waals surface area contributed by atoms with Crippen molar-refractivity contribution in [2.75, 3.05) is 43.6 Å². The molecule has 0 aliphatic carbocycles. The standard InChI is InChI=1S/C15H20F2N4O3/c1-19-12(7-18)15(23)20-11-3-2-9(6-10(11)14(16)17)21-4-5-24-8-13(21)22/h2-3,6,12,14,19H,4-5,7-8,18H2,1H3,(H,20,23)/t12-/m1/s1. The number of carbonyl (C=O) groups is 2. The Balaban J connectivity index is 2.26. The number of halogens is 2. The molecular formula is C15H20F2N4O3. The molecule has 1 aromatic rings. The normalized spacial score (nSPS) is 16.4. The number of anilines is 2. The number of morpholine rings is 1. The van der Waals surface area contributed by atoms with Crippen molar-refractivity contribution in [2.45, 2.75) is 12.5 Å². The Morgan fingerprint density at radius 1 is 1.46 bits per heavy atom. The van der Waals surface area contributed by atoms with Crippen molar-refractivity contribution < 1.29 is 23.1 Å². The molecule has 0 radical (unpaired) electrons. The summed E-state index contributed by atoms with van der Waals surface area (Å²) in [6, 6.07) is 3.40. The van der Waals surface area contributed by atoms with Crippen molar-refractivity contribution in [2.24, 2.45) is 5.73 Å². The van der Waals surface area contributed by atoms with Gasteiger partial charge in [-0.05, 0) is 25.2 Å². The highest BCUT2D eigenvalue weighted by molar-refractivity contribution is 5.97. The smallest absolute Gasteiger partial charge is 0.265 e. The number of alkyl halides is 2. The van der Waals surface area contributed by atoms with Gasteiger partial charge in [-0.1, -0.05) is 0 Å². The van der Waals surface area contributed by atoms with Gasteiger partial charge in [0.1, 0.15) is 6.61 Å². The Bertz CT molecular complexity index is 608. The first-order valence-electron chi connectivity index (χ1n) is 7.46. The molecule has 1 aromatic carbocycles. The van der Waals surface area contributed by atoms with Crippen LogP contribution in [0, 0.1) is 0 Å². The number of likely N-dealkylation sites (N-methyl/N-ethyl adjacent to an activating group) is 1. The summed E-state index contributed by atoms with van der Waals surface area (Å²) in [5.41, 5.74) is 5.43. The molecule has 0 spiro atoms. The first kappa shape index (κ1) is 18.2. The maximum atomic E-state index is 13.4. The molecule has 1 heterocycles. The maximum Gasteiger partial charge on any atom is 0.265 e. The van der Waals surface area contributed by atoms with Crippen LogP contribution in [0.2, 0.25) is 0 Å². The van der Waals surface area contributed by atoms with Gasteiger partial charge in [-0.25, -0.2) is 8.78 Å². The second-order valence-electron chi connectivity index (χ2n) is 5.24. The van der Waals surface area contributed by atoms with Crippen molar-refractivity contribution >= 4 is 23.2 Å². The van der Waals surface area contributed by atoms with Crippen LogP contribution in [0.1, 0.15) is 12.0 Å². The number of nitrogens with one attached hydrogen (secondary N) is 2. The van der Waals surface area contributed by atoms with E-state index in [2.05, 4.69) is 10.6 Å². The third kappa shape index (κ3) is 4.05. The quantitative estimate of drug-likeness (QED) is 0.698.